The van der Waals surface area contributed by atoms with Crippen LogP contribution in [-0.4, -0.2) is 4.57 Å². The lowest BCUT2D eigenvalue weighted by Gasteiger charge is -2.23. The van der Waals surface area contributed by atoms with Gasteiger partial charge in [-0.25, -0.2) is 0 Å². The van der Waals surface area contributed by atoms with Gasteiger partial charge in [0.05, 0.1) is 5.69 Å². The van der Waals surface area contributed by atoms with Crippen molar-refractivity contribution in [1.29, 1.82) is 0 Å². The van der Waals surface area contributed by atoms with E-state index in [1.54, 1.807) is 0 Å². The van der Waals surface area contributed by atoms with Crippen LogP contribution in [0.2, 0.25) is 0 Å². The highest BCUT2D eigenvalue weighted by atomic mass is 15.0. The fourth-order valence-electron chi connectivity index (χ4n) is 5.75. The van der Waals surface area contributed by atoms with Crippen molar-refractivity contribution in [3.05, 3.63) is 138 Å². The summed E-state index contributed by atoms with van der Waals surface area (Å²) in [6, 6.07) is 37.7. The van der Waals surface area contributed by atoms with Gasteiger partial charge in [-0.1, -0.05) is 139 Å². The number of hydrogen-bond donors (Lipinski definition) is 0. The van der Waals surface area contributed by atoms with Gasteiger partial charge in [-0.15, -0.1) is 0 Å². The van der Waals surface area contributed by atoms with Crippen LogP contribution < -0.4 is 0 Å². The topological polar surface area (TPSA) is 4.93 Å². The van der Waals surface area contributed by atoms with Crippen LogP contribution in [0.5, 0.6) is 0 Å². The minimum Gasteiger partial charge on any atom is -0.320 e. The predicted molar refractivity (Wildman–Crippen MR) is 178 cm³/mol. The Kier molecular flexibility index (Phi) is 8.18. The second kappa shape index (κ2) is 11.8. The maximum Gasteiger partial charge on any atom is 0.0528 e. The van der Waals surface area contributed by atoms with Gasteiger partial charge in [-0.2, -0.15) is 0 Å². The van der Waals surface area contributed by atoms with Gasteiger partial charge in [0.2, 0.25) is 0 Å². The first kappa shape index (κ1) is 28.4. The third-order valence-electron chi connectivity index (χ3n) is 8.44. The van der Waals surface area contributed by atoms with Gasteiger partial charge in [-0.3, -0.25) is 0 Å². The van der Waals surface area contributed by atoms with Crippen LogP contribution in [-0.2, 0) is 18.3 Å². The molecular formula is C40H43N. The Balaban J connectivity index is 1.60. The van der Waals surface area contributed by atoms with Crippen LogP contribution in [0.15, 0.2) is 116 Å². The molecule has 208 valence electrons. The van der Waals surface area contributed by atoms with Gasteiger partial charge in [0, 0.05) is 17.8 Å². The zero-order chi connectivity index (χ0) is 29.1. The lowest BCUT2D eigenvalue weighted by Crippen LogP contribution is -2.10. The van der Waals surface area contributed by atoms with Crippen LogP contribution >= 0.6 is 0 Å². The highest BCUT2D eigenvalue weighted by molar-refractivity contribution is 5.77. The summed E-state index contributed by atoms with van der Waals surface area (Å²) in [5.74, 6) is 0.123. The van der Waals surface area contributed by atoms with E-state index in [2.05, 4.69) is 155 Å². The highest BCUT2D eigenvalue weighted by Gasteiger charge is 2.23. The van der Waals surface area contributed by atoms with Gasteiger partial charge in [0.1, 0.15) is 0 Å². The molecule has 1 atom stereocenters. The minimum atomic E-state index is 0.0233. The van der Waals surface area contributed by atoms with E-state index in [9.17, 15) is 0 Å². The second-order valence-corrected chi connectivity index (χ2v) is 12.2. The first-order valence-electron chi connectivity index (χ1n) is 15.0. The van der Waals surface area contributed by atoms with E-state index >= 15 is 0 Å². The molecule has 1 aromatic heterocycles. The molecule has 0 aliphatic heterocycles. The molecule has 1 heteroatoms. The first-order valence-corrected chi connectivity index (χ1v) is 15.0. The van der Waals surface area contributed by atoms with Crippen molar-refractivity contribution >= 4 is 5.70 Å². The Bertz CT molecular complexity index is 1660. The standard InChI is InChI=1S/C40H43N/c1-8-30-22-23-37(31(9-2)24-30)38-21-14-13-20-36(38)28(3)29(4)41-27-35(40(5,6)7)26-39(41)34-19-15-18-33(25-34)32-16-11-10-12-17-32/h10-28H,4,8-9H2,1-3,5-7H3. The largest absolute Gasteiger partial charge is 0.320 e. The zero-order valence-electron chi connectivity index (χ0n) is 25.5. The van der Waals surface area contributed by atoms with Crippen molar-refractivity contribution in [1.82, 2.24) is 4.57 Å². The first-order chi connectivity index (χ1) is 19.7. The molecular weight excluding hydrogens is 494 g/mol. The second-order valence-electron chi connectivity index (χ2n) is 12.2. The van der Waals surface area contributed by atoms with E-state index in [1.165, 1.54) is 55.8 Å². The molecule has 1 heterocycles. The van der Waals surface area contributed by atoms with Crippen LogP contribution in [0.3, 0.4) is 0 Å². The van der Waals surface area contributed by atoms with Gasteiger partial charge >= 0.3 is 0 Å². The number of benzene rings is 4. The lowest BCUT2D eigenvalue weighted by atomic mass is 9.86. The van der Waals surface area contributed by atoms with Gasteiger partial charge in [-0.05, 0) is 80.5 Å². The molecule has 1 nitrogen and oxygen atoms in total. The number of rotatable bonds is 8. The summed E-state index contributed by atoms with van der Waals surface area (Å²) < 4.78 is 2.34. The molecule has 0 saturated carbocycles. The van der Waals surface area contributed by atoms with Crippen LogP contribution in [0.4, 0.5) is 0 Å². The van der Waals surface area contributed by atoms with E-state index in [-0.39, 0.29) is 11.3 Å². The Hall–Kier alpha value is -4.10. The quantitative estimate of drug-likeness (QED) is 0.185. The molecule has 0 fully saturated rings. The molecule has 5 rings (SSSR count). The van der Waals surface area contributed by atoms with Crippen molar-refractivity contribution in [2.45, 2.75) is 65.7 Å². The summed E-state index contributed by atoms with van der Waals surface area (Å²) in [7, 11) is 0. The minimum absolute atomic E-state index is 0.0233. The van der Waals surface area contributed by atoms with E-state index in [4.69, 9.17) is 6.58 Å². The monoisotopic (exact) mass is 537 g/mol. The average Bonchev–Trinajstić information content (AvgIpc) is 3.47. The number of allylic oxidation sites excluding steroid dienone is 1. The fraction of sp³-hybridized carbons (Fsp3) is 0.250. The fourth-order valence-corrected chi connectivity index (χ4v) is 5.75. The van der Waals surface area contributed by atoms with E-state index in [1.807, 2.05) is 0 Å². The molecule has 0 bridgehead atoms. The third-order valence-corrected chi connectivity index (χ3v) is 8.44. The summed E-state index contributed by atoms with van der Waals surface area (Å²) in [4.78, 5) is 0. The van der Waals surface area contributed by atoms with E-state index in [0.717, 1.165) is 18.5 Å². The van der Waals surface area contributed by atoms with Crippen LogP contribution in [0.25, 0.3) is 39.2 Å². The Morgan fingerprint density at radius 1 is 0.707 bits per heavy atom. The molecule has 0 aliphatic carbocycles. The molecule has 41 heavy (non-hydrogen) atoms. The zero-order valence-corrected chi connectivity index (χ0v) is 25.5. The number of hydrogen-bond acceptors (Lipinski definition) is 0. The summed E-state index contributed by atoms with van der Waals surface area (Å²) in [5, 5.41) is 0. The van der Waals surface area contributed by atoms with Crippen molar-refractivity contribution < 1.29 is 0 Å². The van der Waals surface area contributed by atoms with Crippen molar-refractivity contribution in [3.8, 4) is 33.5 Å². The van der Waals surface area contributed by atoms with Crippen molar-refractivity contribution in [2.24, 2.45) is 0 Å². The number of aryl methyl sites for hydroxylation is 2. The Morgan fingerprint density at radius 2 is 1.39 bits per heavy atom. The third kappa shape index (κ3) is 5.86. The Morgan fingerprint density at radius 3 is 2.10 bits per heavy atom. The predicted octanol–water partition coefficient (Wildman–Crippen LogP) is 11.2. The number of aromatic nitrogens is 1. The maximum absolute atomic E-state index is 4.73. The molecule has 5 aromatic rings. The van der Waals surface area contributed by atoms with Crippen LogP contribution in [0, 0.1) is 0 Å². The van der Waals surface area contributed by atoms with Gasteiger partial charge in [0.25, 0.3) is 0 Å². The van der Waals surface area contributed by atoms with E-state index in [0.29, 0.717) is 0 Å². The summed E-state index contributed by atoms with van der Waals surface area (Å²) in [6.07, 6.45) is 4.38. The Labute approximate surface area is 247 Å². The van der Waals surface area contributed by atoms with Crippen molar-refractivity contribution in [3.63, 3.8) is 0 Å². The number of nitrogens with zero attached hydrogens (tertiary/aromatic N) is 1. The lowest BCUT2D eigenvalue weighted by molar-refractivity contribution is 0.590. The maximum atomic E-state index is 4.73. The van der Waals surface area contributed by atoms with Gasteiger partial charge in [0.15, 0.2) is 0 Å². The van der Waals surface area contributed by atoms with Crippen LogP contribution in [0.1, 0.15) is 69.7 Å². The van der Waals surface area contributed by atoms with Crippen molar-refractivity contribution in [2.75, 3.05) is 0 Å². The molecule has 1 unspecified atom stereocenters. The van der Waals surface area contributed by atoms with E-state index < -0.39 is 0 Å². The average molecular weight is 538 g/mol. The SMILES string of the molecule is C=C(C(C)c1ccccc1-c1ccc(CC)cc1CC)n1cc(C(C)(C)C)cc1-c1cccc(-c2ccccc2)c1. The summed E-state index contributed by atoms with van der Waals surface area (Å²) in [6.45, 7) is 18.4. The summed E-state index contributed by atoms with van der Waals surface area (Å²) in [5.41, 5.74) is 14.0. The molecule has 0 aliphatic rings. The smallest absolute Gasteiger partial charge is 0.0528 e. The molecule has 0 spiro atoms. The molecule has 0 radical (unpaired) electrons. The molecule has 0 amide bonds. The molecule has 4 aromatic carbocycles. The molecule has 0 N–H and O–H groups in total. The summed E-state index contributed by atoms with van der Waals surface area (Å²) >= 11 is 0. The normalized spacial score (nSPS) is 12.3. The van der Waals surface area contributed by atoms with Gasteiger partial charge < -0.3 is 4.57 Å². The molecule has 0 saturated heterocycles. The highest BCUT2D eigenvalue weighted by Crippen LogP contribution is 2.40.